The van der Waals surface area contributed by atoms with Gasteiger partial charge in [0.1, 0.15) is 0 Å². The highest BCUT2D eigenvalue weighted by molar-refractivity contribution is 8.01. The average Bonchev–Trinajstić information content (AvgIpc) is 2.95. The SMILES string of the molecule is CCNC(CSc1nc2ccccc2s1)C1CCCCC1. The fourth-order valence-electron chi connectivity index (χ4n) is 3.23. The molecule has 2 aromatic rings. The van der Waals surface area contributed by atoms with Crippen LogP contribution in [0.3, 0.4) is 0 Å². The normalized spacial score (nSPS) is 18.1. The van der Waals surface area contributed by atoms with Gasteiger partial charge in [-0.1, -0.05) is 50.1 Å². The van der Waals surface area contributed by atoms with Crippen LogP contribution in [-0.2, 0) is 0 Å². The third-order valence-corrected chi connectivity index (χ3v) is 6.64. The summed E-state index contributed by atoms with van der Waals surface area (Å²) in [6, 6.07) is 9.09. The number of rotatable bonds is 6. The van der Waals surface area contributed by atoms with E-state index in [1.54, 1.807) is 0 Å². The average molecular weight is 321 g/mol. The molecule has 0 saturated heterocycles. The highest BCUT2D eigenvalue weighted by Gasteiger charge is 2.23. The Labute approximate surface area is 135 Å². The van der Waals surface area contributed by atoms with Crippen LogP contribution in [0.15, 0.2) is 28.6 Å². The van der Waals surface area contributed by atoms with Crippen molar-refractivity contribution in [3.8, 4) is 0 Å². The van der Waals surface area contributed by atoms with E-state index in [1.807, 2.05) is 23.1 Å². The van der Waals surface area contributed by atoms with Gasteiger partial charge in [0.05, 0.1) is 10.2 Å². The summed E-state index contributed by atoms with van der Waals surface area (Å²) in [5.74, 6) is 2.01. The molecule has 0 spiro atoms. The minimum atomic E-state index is 0.646. The second-order valence-electron chi connectivity index (χ2n) is 5.82. The second kappa shape index (κ2) is 7.61. The third kappa shape index (κ3) is 3.99. The highest BCUT2D eigenvalue weighted by atomic mass is 32.2. The molecule has 4 heteroatoms. The summed E-state index contributed by atoms with van der Waals surface area (Å²) in [4.78, 5) is 4.74. The van der Waals surface area contributed by atoms with E-state index in [2.05, 4.69) is 36.5 Å². The Kier molecular flexibility index (Phi) is 5.55. The summed E-state index contributed by atoms with van der Waals surface area (Å²) in [6.45, 7) is 3.29. The van der Waals surface area contributed by atoms with E-state index in [1.165, 1.54) is 41.1 Å². The van der Waals surface area contributed by atoms with E-state index < -0.39 is 0 Å². The molecule has 114 valence electrons. The fraction of sp³-hybridized carbons (Fsp3) is 0.588. The number of nitrogens with zero attached hydrogens (tertiary/aromatic N) is 1. The van der Waals surface area contributed by atoms with E-state index in [0.717, 1.165) is 23.7 Å². The van der Waals surface area contributed by atoms with Gasteiger partial charge in [-0.05, 0) is 37.4 Å². The van der Waals surface area contributed by atoms with E-state index >= 15 is 0 Å². The van der Waals surface area contributed by atoms with Gasteiger partial charge in [-0.15, -0.1) is 11.3 Å². The second-order valence-corrected chi connectivity index (χ2v) is 8.12. The fourth-order valence-corrected chi connectivity index (χ4v) is 5.52. The third-order valence-electron chi connectivity index (χ3n) is 4.35. The van der Waals surface area contributed by atoms with Gasteiger partial charge in [-0.2, -0.15) is 0 Å². The highest BCUT2D eigenvalue weighted by Crippen LogP contribution is 2.33. The minimum Gasteiger partial charge on any atom is -0.313 e. The van der Waals surface area contributed by atoms with E-state index in [0.29, 0.717) is 6.04 Å². The molecule has 0 bridgehead atoms. The molecule has 0 radical (unpaired) electrons. The molecule has 0 amide bonds. The van der Waals surface area contributed by atoms with Crippen LogP contribution in [0.5, 0.6) is 0 Å². The Morgan fingerprint density at radius 2 is 2.10 bits per heavy atom. The smallest absolute Gasteiger partial charge is 0.151 e. The van der Waals surface area contributed by atoms with Crippen LogP contribution in [0.4, 0.5) is 0 Å². The number of para-hydroxylation sites is 1. The summed E-state index contributed by atoms with van der Waals surface area (Å²) in [7, 11) is 0. The summed E-state index contributed by atoms with van der Waals surface area (Å²) < 4.78 is 2.52. The van der Waals surface area contributed by atoms with Crippen molar-refractivity contribution in [2.45, 2.75) is 49.4 Å². The lowest BCUT2D eigenvalue weighted by Crippen LogP contribution is -2.39. The Morgan fingerprint density at radius 3 is 2.86 bits per heavy atom. The maximum absolute atomic E-state index is 4.74. The van der Waals surface area contributed by atoms with Crippen molar-refractivity contribution in [2.75, 3.05) is 12.3 Å². The van der Waals surface area contributed by atoms with Gasteiger partial charge in [0.25, 0.3) is 0 Å². The molecule has 1 aromatic heterocycles. The van der Waals surface area contributed by atoms with Crippen molar-refractivity contribution in [2.24, 2.45) is 5.92 Å². The van der Waals surface area contributed by atoms with Crippen molar-refractivity contribution < 1.29 is 0 Å². The first-order chi connectivity index (χ1) is 10.4. The van der Waals surface area contributed by atoms with Crippen LogP contribution in [-0.4, -0.2) is 23.3 Å². The van der Waals surface area contributed by atoms with E-state index in [-0.39, 0.29) is 0 Å². The Morgan fingerprint density at radius 1 is 1.29 bits per heavy atom. The molecule has 21 heavy (non-hydrogen) atoms. The molecular formula is C17H24N2S2. The number of aromatic nitrogens is 1. The number of thioether (sulfide) groups is 1. The monoisotopic (exact) mass is 320 g/mol. The molecule has 1 aliphatic carbocycles. The van der Waals surface area contributed by atoms with Crippen LogP contribution in [0.25, 0.3) is 10.2 Å². The van der Waals surface area contributed by atoms with Crippen LogP contribution in [0.2, 0.25) is 0 Å². The zero-order chi connectivity index (χ0) is 14.5. The van der Waals surface area contributed by atoms with Crippen LogP contribution in [0.1, 0.15) is 39.0 Å². The quantitative estimate of drug-likeness (QED) is 0.763. The Hall–Kier alpha value is -0.580. The molecule has 1 aromatic carbocycles. The predicted molar refractivity (Wildman–Crippen MR) is 94.4 cm³/mol. The molecule has 1 heterocycles. The topological polar surface area (TPSA) is 24.9 Å². The van der Waals surface area contributed by atoms with Gasteiger partial charge in [0.15, 0.2) is 4.34 Å². The summed E-state index contributed by atoms with van der Waals surface area (Å²) in [6.07, 6.45) is 7.06. The summed E-state index contributed by atoms with van der Waals surface area (Å²) in [5, 5.41) is 3.71. The molecule has 1 unspecified atom stereocenters. The maximum Gasteiger partial charge on any atom is 0.151 e. The zero-order valence-corrected chi connectivity index (χ0v) is 14.3. The first-order valence-electron chi connectivity index (χ1n) is 8.08. The molecule has 1 atom stereocenters. The van der Waals surface area contributed by atoms with Gasteiger partial charge in [-0.25, -0.2) is 4.98 Å². The van der Waals surface area contributed by atoms with Crippen molar-refractivity contribution in [3.63, 3.8) is 0 Å². The standard InChI is InChI=1S/C17H24N2S2/c1-2-18-15(13-8-4-3-5-9-13)12-20-17-19-14-10-6-7-11-16(14)21-17/h6-7,10-11,13,15,18H,2-5,8-9,12H2,1H3. The van der Waals surface area contributed by atoms with Crippen molar-refractivity contribution in [3.05, 3.63) is 24.3 Å². The van der Waals surface area contributed by atoms with Gasteiger partial charge in [-0.3, -0.25) is 0 Å². The summed E-state index contributed by atoms with van der Waals surface area (Å²) >= 11 is 3.76. The van der Waals surface area contributed by atoms with E-state index in [9.17, 15) is 0 Å². The van der Waals surface area contributed by atoms with Crippen molar-refractivity contribution in [1.29, 1.82) is 0 Å². The van der Waals surface area contributed by atoms with Crippen LogP contribution >= 0.6 is 23.1 Å². The van der Waals surface area contributed by atoms with Gasteiger partial charge >= 0.3 is 0 Å². The lowest BCUT2D eigenvalue weighted by atomic mass is 9.84. The molecule has 1 aliphatic rings. The van der Waals surface area contributed by atoms with Crippen molar-refractivity contribution >= 4 is 33.3 Å². The summed E-state index contributed by atoms with van der Waals surface area (Å²) in [5.41, 5.74) is 1.14. The number of hydrogen-bond acceptors (Lipinski definition) is 4. The molecular weight excluding hydrogens is 296 g/mol. The lowest BCUT2D eigenvalue weighted by Gasteiger charge is -2.30. The van der Waals surface area contributed by atoms with Gasteiger partial charge in [0, 0.05) is 11.8 Å². The molecule has 1 N–H and O–H groups in total. The Bertz CT molecular complexity index is 528. The number of benzene rings is 1. The maximum atomic E-state index is 4.74. The number of hydrogen-bond donors (Lipinski definition) is 1. The number of nitrogens with one attached hydrogen (secondary N) is 1. The molecule has 3 rings (SSSR count). The van der Waals surface area contributed by atoms with Gasteiger partial charge in [0.2, 0.25) is 0 Å². The van der Waals surface area contributed by atoms with Crippen LogP contribution < -0.4 is 5.32 Å². The van der Waals surface area contributed by atoms with Gasteiger partial charge < -0.3 is 5.32 Å². The number of fused-ring (bicyclic) bond motifs is 1. The zero-order valence-electron chi connectivity index (χ0n) is 12.7. The molecule has 1 saturated carbocycles. The predicted octanol–water partition coefficient (Wildman–Crippen LogP) is 4.95. The molecule has 1 fully saturated rings. The first kappa shape index (κ1) is 15.3. The Balaban J connectivity index is 1.62. The minimum absolute atomic E-state index is 0.646. The lowest BCUT2D eigenvalue weighted by molar-refractivity contribution is 0.288. The van der Waals surface area contributed by atoms with E-state index in [4.69, 9.17) is 4.98 Å². The van der Waals surface area contributed by atoms with Crippen LogP contribution in [0, 0.1) is 5.92 Å². The van der Waals surface area contributed by atoms with Crippen molar-refractivity contribution in [1.82, 2.24) is 10.3 Å². The first-order valence-corrected chi connectivity index (χ1v) is 9.89. The molecule has 0 aliphatic heterocycles. The molecule has 2 nitrogen and oxygen atoms in total. The largest absolute Gasteiger partial charge is 0.313 e. The number of thiazole rings is 1.